The molecule has 0 amide bonds. The summed E-state index contributed by atoms with van der Waals surface area (Å²) in [5.74, 6) is 0.231. The largest absolute Gasteiger partial charge is 0.506 e. The van der Waals surface area contributed by atoms with E-state index in [2.05, 4.69) is 120 Å². The lowest BCUT2D eigenvalue weighted by Gasteiger charge is -2.25. The van der Waals surface area contributed by atoms with Crippen LogP contribution in [0.1, 0.15) is 52.7 Å². The first-order valence-electron chi connectivity index (χ1n) is 15.1. The van der Waals surface area contributed by atoms with Crippen molar-refractivity contribution in [1.29, 1.82) is 0 Å². The Morgan fingerprint density at radius 3 is 2.14 bits per heavy atom. The molecule has 6 rings (SSSR count). The lowest BCUT2D eigenvalue weighted by Crippen LogP contribution is -2.54. The maximum Gasteiger partial charge on any atom is 0.146 e. The molecule has 0 radical (unpaired) electrons. The number of aromatic hydroxyl groups is 1. The molecule has 218 valence electrons. The summed E-state index contributed by atoms with van der Waals surface area (Å²) in [6, 6.07) is 31.7. The van der Waals surface area contributed by atoms with Gasteiger partial charge in [-0.2, -0.15) is 0 Å². The Labute approximate surface area is 256 Å². The van der Waals surface area contributed by atoms with Crippen LogP contribution in [0.3, 0.4) is 0 Å². The summed E-state index contributed by atoms with van der Waals surface area (Å²) in [4.78, 5) is 10.3. The monoisotopic (exact) mass is 583 g/mol. The van der Waals surface area contributed by atoms with Crippen LogP contribution in [-0.4, -0.2) is 27.7 Å². The highest BCUT2D eigenvalue weighted by Crippen LogP contribution is 2.41. The topological polar surface area (TPSA) is 50.9 Å². The fourth-order valence-corrected chi connectivity index (χ4v) is 8.26. The zero-order chi connectivity index (χ0) is 30.7. The predicted octanol–water partition coefficient (Wildman–Crippen LogP) is 8.36. The zero-order valence-electron chi connectivity index (χ0n) is 26.5. The number of hydrogen-bond donors (Lipinski definition) is 1. The Kier molecular flexibility index (Phi) is 6.85. The number of hydrogen-bond acceptors (Lipinski definition) is 3. The fraction of sp³-hybridized carbons (Fsp3) is 0.263. The van der Waals surface area contributed by atoms with E-state index >= 15 is 0 Å². The maximum atomic E-state index is 11.0. The first-order chi connectivity index (χ1) is 20.3. The van der Waals surface area contributed by atoms with Gasteiger partial charge in [0, 0.05) is 27.8 Å². The van der Waals surface area contributed by atoms with Gasteiger partial charge in [-0.25, -0.2) is 4.98 Å². The van der Waals surface area contributed by atoms with Gasteiger partial charge in [-0.15, -0.1) is 0 Å². The molecule has 0 aliphatic heterocycles. The van der Waals surface area contributed by atoms with Crippen molar-refractivity contribution in [3.8, 4) is 22.7 Å². The summed E-state index contributed by atoms with van der Waals surface area (Å²) >= 11 is 0. The summed E-state index contributed by atoms with van der Waals surface area (Å²) < 4.78 is 2.12. The molecule has 0 saturated heterocycles. The molecule has 0 fully saturated rings. The van der Waals surface area contributed by atoms with Gasteiger partial charge in [0.15, 0.2) is 0 Å². The van der Waals surface area contributed by atoms with Crippen molar-refractivity contribution in [2.45, 2.75) is 65.5 Å². The highest BCUT2D eigenvalue weighted by Gasteiger charge is 2.30. The third-order valence-electron chi connectivity index (χ3n) is 8.70. The number of benzene rings is 3. The molecule has 0 unspecified atom stereocenters. The number of phenols is 1. The van der Waals surface area contributed by atoms with Crippen LogP contribution in [0.15, 0.2) is 97.2 Å². The van der Waals surface area contributed by atoms with Crippen LogP contribution < -0.4 is 10.5 Å². The lowest BCUT2D eigenvalue weighted by atomic mass is 9.83. The molecule has 3 aromatic carbocycles. The minimum atomic E-state index is -2.04. The van der Waals surface area contributed by atoms with Crippen LogP contribution in [0, 0.1) is 0 Å². The maximum absolute atomic E-state index is 11.0. The van der Waals surface area contributed by atoms with Gasteiger partial charge >= 0.3 is 0 Å². The van der Waals surface area contributed by atoms with Crippen LogP contribution in [0.4, 0.5) is 0 Å². The Morgan fingerprint density at radius 1 is 0.721 bits per heavy atom. The van der Waals surface area contributed by atoms with Gasteiger partial charge in [-0.1, -0.05) is 108 Å². The third kappa shape index (κ3) is 5.06. The SMILES string of the molecule is CC(C)(C)c1ccc2c(c1)c1cc(C(C)(C)C)c(-c3cccc([Si](C)(C)c4ccccn4)c3)nc1n2-c1ccccc1O. The molecule has 43 heavy (non-hydrogen) atoms. The smallest absolute Gasteiger partial charge is 0.146 e. The van der Waals surface area contributed by atoms with E-state index in [9.17, 15) is 5.11 Å². The first-order valence-corrected chi connectivity index (χ1v) is 18.1. The number of phenolic OH excluding ortho intramolecular Hbond substituents is 1. The van der Waals surface area contributed by atoms with E-state index in [1.165, 1.54) is 21.6 Å². The average molecular weight is 584 g/mol. The van der Waals surface area contributed by atoms with Gasteiger partial charge in [-0.3, -0.25) is 9.55 Å². The van der Waals surface area contributed by atoms with Gasteiger partial charge in [0.1, 0.15) is 19.5 Å². The molecule has 3 heterocycles. The summed E-state index contributed by atoms with van der Waals surface area (Å²) in [6.07, 6.45) is 1.89. The highest BCUT2D eigenvalue weighted by atomic mass is 28.3. The number of pyridine rings is 2. The Bertz CT molecular complexity index is 1980. The molecule has 1 N–H and O–H groups in total. The second-order valence-electron chi connectivity index (χ2n) is 14.2. The van der Waals surface area contributed by atoms with Crippen molar-refractivity contribution in [1.82, 2.24) is 14.5 Å². The second kappa shape index (κ2) is 10.2. The molecular weight excluding hydrogens is 543 g/mol. The minimum Gasteiger partial charge on any atom is -0.506 e. The molecule has 5 heteroatoms. The van der Waals surface area contributed by atoms with E-state index in [1.54, 1.807) is 6.07 Å². The first kappa shape index (κ1) is 28.9. The Balaban J connectivity index is 1.68. The lowest BCUT2D eigenvalue weighted by molar-refractivity contribution is 0.473. The zero-order valence-corrected chi connectivity index (χ0v) is 27.5. The van der Waals surface area contributed by atoms with Crippen LogP contribution >= 0.6 is 0 Å². The van der Waals surface area contributed by atoms with Gasteiger partial charge in [0.05, 0.1) is 16.9 Å². The molecule has 0 saturated carbocycles. The molecule has 0 bridgehead atoms. The van der Waals surface area contributed by atoms with Crippen molar-refractivity contribution in [2.75, 3.05) is 0 Å². The van der Waals surface area contributed by atoms with Crippen molar-refractivity contribution in [2.24, 2.45) is 0 Å². The van der Waals surface area contributed by atoms with E-state index in [4.69, 9.17) is 9.97 Å². The number of fused-ring (bicyclic) bond motifs is 3. The number of para-hydroxylation sites is 2. The van der Waals surface area contributed by atoms with Gasteiger partial charge in [-0.05, 0) is 64.4 Å². The predicted molar refractivity (Wildman–Crippen MR) is 184 cm³/mol. The Hall–Kier alpha value is -4.22. The fourth-order valence-electron chi connectivity index (χ4n) is 6.02. The number of aromatic nitrogens is 3. The normalized spacial score (nSPS) is 12.7. The van der Waals surface area contributed by atoms with Crippen molar-refractivity contribution in [3.63, 3.8) is 0 Å². The summed E-state index contributed by atoms with van der Waals surface area (Å²) in [5.41, 5.74) is 7.01. The van der Waals surface area contributed by atoms with Gasteiger partial charge in [0.25, 0.3) is 0 Å². The van der Waals surface area contributed by atoms with E-state index in [1.807, 2.05) is 30.5 Å². The highest BCUT2D eigenvalue weighted by molar-refractivity contribution is 7.00. The summed E-state index contributed by atoms with van der Waals surface area (Å²) in [5, 5.41) is 15.8. The molecule has 0 atom stereocenters. The van der Waals surface area contributed by atoms with E-state index in [0.717, 1.165) is 38.9 Å². The summed E-state index contributed by atoms with van der Waals surface area (Å²) in [6.45, 7) is 18.2. The van der Waals surface area contributed by atoms with Crippen LogP contribution in [0.5, 0.6) is 5.75 Å². The Morgan fingerprint density at radius 2 is 1.47 bits per heavy atom. The molecule has 4 nitrogen and oxygen atoms in total. The standard InChI is InChI=1S/C38H41N3OSi/c1-37(2,3)26-19-20-31-28(23-26)29-24-30(38(4,5)6)35(40-36(29)41(31)32-16-9-10-17-33(32)42)25-14-13-15-27(22-25)43(7,8)34-18-11-12-21-39-34/h9-24,42H,1-8H3. The van der Waals surface area contributed by atoms with E-state index in [0.29, 0.717) is 0 Å². The van der Waals surface area contributed by atoms with Crippen LogP contribution in [0.2, 0.25) is 13.1 Å². The average Bonchev–Trinajstić information content (AvgIpc) is 3.29. The van der Waals surface area contributed by atoms with Crippen molar-refractivity contribution >= 4 is 40.5 Å². The van der Waals surface area contributed by atoms with Crippen molar-refractivity contribution < 1.29 is 5.11 Å². The van der Waals surface area contributed by atoms with E-state index < -0.39 is 8.07 Å². The van der Waals surface area contributed by atoms with Crippen molar-refractivity contribution in [3.05, 3.63) is 108 Å². The second-order valence-corrected chi connectivity index (χ2v) is 18.6. The molecule has 0 aliphatic rings. The summed E-state index contributed by atoms with van der Waals surface area (Å²) in [7, 11) is -2.04. The minimum absolute atomic E-state index is 0.00245. The molecule has 0 aliphatic carbocycles. The number of nitrogens with zero attached hydrogens (tertiary/aromatic N) is 3. The van der Waals surface area contributed by atoms with E-state index in [-0.39, 0.29) is 16.6 Å². The molecule has 6 aromatic rings. The third-order valence-corrected chi connectivity index (χ3v) is 12.0. The molecular formula is C38H41N3OSi. The quantitative estimate of drug-likeness (QED) is 0.212. The van der Waals surface area contributed by atoms with Crippen LogP contribution in [-0.2, 0) is 10.8 Å². The van der Waals surface area contributed by atoms with Gasteiger partial charge in [0.2, 0.25) is 0 Å². The molecule has 3 aromatic heterocycles. The van der Waals surface area contributed by atoms with Crippen LogP contribution in [0.25, 0.3) is 38.9 Å². The number of rotatable bonds is 4. The van der Waals surface area contributed by atoms with Gasteiger partial charge < -0.3 is 5.11 Å². The molecule has 0 spiro atoms.